The molecule has 1 aliphatic heterocycles. The van der Waals surface area contributed by atoms with Crippen LogP contribution >= 0.6 is 0 Å². The summed E-state index contributed by atoms with van der Waals surface area (Å²) in [6, 6.07) is 1.79. The van der Waals surface area contributed by atoms with E-state index in [2.05, 4.69) is 11.4 Å². The Labute approximate surface area is 59.0 Å². The Morgan fingerprint density at radius 3 is 2.80 bits per heavy atom. The summed E-state index contributed by atoms with van der Waals surface area (Å²) in [6.45, 7) is 0.587. The lowest BCUT2D eigenvalue weighted by molar-refractivity contribution is -0.119. The Morgan fingerprint density at radius 2 is 2.50 bits per heavy atom. The summed E-state index contributed by atoms with van der Waals surface area (Å²) in [5, 5.41) is 11.3. The molecule has 1 heterocycles. The molecular formula is C6H9N3O. The Morgan fingerprint density at radius 1 is 1.80 bits per heavy atom. The number of nitrogens with two attached hydrogens (primary N) is 1. The van der Waals surface area contributed by atoms with Gasteiger partial charge in [0, 0.05) is 6.54 Å². The van der Waals surface area contributed by atoms with Crippen LogP contribution in [-0.2, 0) is 4.79 Å². The third-order valence-corrected chi connectivity index (χ3v) is 1.66. The minimum atomic E-state index is -0.363. The monoisotopic (exact) mass is 139 g/mol. The molecule has 0 unspecified atom stereocenters. The molecule has 1 fully saturated rings. The quantitative estimate of drug-likeness (QED) is 0.487. The molecule has 0 bridgehead atoms. The molecule has 2 atom stereocenters. The number of carbonyl (C=O) groups excluding carboxylic acids is 1. The van der Waals surface area contributed by atoms with E-state index in [0.717, 1.165) is 0 Å². The lowest BCUT2D eigenvalue weighted by Gasteiger charge is -2.01. The molecule has 4 heteroatoms. The first-order valence-corrected chi connectivity index (χ1v) is 3.16. The van der Waals surface area contributed by atoms with Gasteiger partial charge in [0.15, 0.2) is 0 Å². The van der Waals surface area contributed by atoms with E-state index >= 15 is 0 Å². The van der Waals surface area contributed by atoms with Gasteiger partial charge in [0.25, 0.3) is 0 Å². The van der Waals surface area contributed by atoms with Crippen LogP contribution in [-0.4, -0.2) is 18.5 Å². The highest BCUT2D eigenvalue weighted by Crippen LogP contribution is 2.11. The van der Waals surface area contributed by atoms with Crippen LogP contribution in [0.1, 0.15) is 6.42 Å². The molecule has 0 aromatic carbocycles. The summed E-state index contributed by atoms with van der Waals surface area (Å²) < 4.78 is 0. The molecule has 54 valence electrons. The van der Waals surface area contributed by atoms with Gasteiger partial charge in [0.1, 0.15) is 0 Å². The second-order valence-corrected chi connectivity index (χ2v) is 2.42. The highest BCUT2D eigenvalue weighted by molar-refractivity contribution is 5.80. The van der Waals surface area contributed by atoms with Crippen molar-refractivity contribution >= 4 is 5.91 Å². The first-order chi connectivity index (χ1) is 4.74. The normalized spacial score (nSPS) is 31.5. The number of rotatable bonds is 1. The van der Waals surface area contributed by atoms with Crippen molar-refractivity contribution in [1.82, 2.24) is 5.32 Å². The predicted octanol–water partition coefficient (Wildman–Crippen LogP) is -1.03. The molecule has 10 heavy (non-hydrogen) atoms. The van der Waals surface area contributed by atoms with Crippen molar-refractivity contribution in [1.29, 1.82) is 5.26 Å². The number of amides is 1. The van der Waals surface area contributed by atoms with Gasteiger partial charge in [-0.3, -0.25) is 4.79 Å². The fourth-order valence-electron chi connectivity index (χ4n) is 1.05. The number of hydrogen-bond donors (Lipinski definition) is 2. The van der Waals surface area contributed by atoms with Gasteiger partial charge >= 0.3 is 0 Å². The van der Waals surface area contributed by atoms with Crippen molar-refractivity contribution in [3.8, 4) is 6.07 Å². The SMILES string of the molecule is N#C[C@H]1CN[C@H](C(N)=O)C1. The van der Waals surface area contributed by atoms with Gasteiger partial charge in [0.05, 0.1) is 18.0 Å². The average molecular weight is 139 g/mol. The minimum Gasteiger partial charge on any atom is -0.368 e. The van der Waals surface area contributed by atoms with E-state index in [9.17, 15) is 4.79 Å². The fraction of sp³-hybridized carbons (Fsp3) is 0.667. The van der Waals surface area contributed by atoms with Crippen molar-refractivity contribution in [2.24, 2.45) is 11.7 Å². The van der Waals surface area contributed by atoms with Crippen LogP contribution in [0, 0.1) is 17.2 Å². The third kappa shape index (κ3) is 1.25. The second kappa shape index (κ2) is 2.67. The average Bonchev–Trinajstić information content (AvgIpc) is 2.34. The van der Waals surface area contributed by atoms with Crippen LogP contribution in [0.15, 0.2) is 0 Å². The Bertz CT molecular complexity index is 184. The molecule has 0 radical (unpaired) electrons. The van der Waals surface area contributed by atoms with E-state index < -0.39 is 0 Å². The topological polar surface area (TPSA) is 78.9 Å². The van der Waals surface area contributed by atoms with E-state index in [1.165, 1.54) is 0 Å². The van der Waals surface area contributed by atoms with E-state index in [1.54, 1.807) is 0 Å². The summed E-state index contributed by atoms with van der Waals surface area (Å²) in [7, 11) is 0. The van der Waals surface area contributed by atoms with Crippen LogP contribution in [0.5, 0.6) is 0 Å². The zero-order valence-electron chi connectivity index (χ0n) is 5.50. The highest BCUT2D eigenvalue weighted by atomic mass is 16.1. The lowest BCUT2D eigenvalue weighted by Crippen LogP contribution is -2.36. The van der Waals surface area contributed by atoms with Crippen molar-refractivity contribution in [2.45, 2.75) is 12.5 Å². The number of hydrogen-bond acceptors (Lipinski definition) is 3. The van der Waals surface area contributed by atoms with Gasteiger partial charge in [-0.25, -0.2) is 0 Å². The van der Waals surface area contributed by atoms with Crippen LogP contribution in [0.25, 0.3) is 0 Å². The maximum Gasteiger partial charge on any atom is 0.234 e. The molecule has 1 rings (SSSR count). The number of primary amides is 1. The first-order valence-electron chi connectivity index (χ1n) is 3.16. The smallest absolute Gasteiger partial charge is 0.234 e. The van der Waals surface area contributed by atoms with Crippen molar-refractivity contribution in [3.63, 3.8) is 0 Å². The molecule has 1 saturated heterocycles. The van der Waals surface area contributed by atoms with Gasteiger partial charge in [-0.15, -0.1) is 0 Å². The van der Waals surface area contributed by atoms with Crippen molar-refractivity contribution in [2.75, 3.05) is 6.54 Å². The second-order valence-electron chi connectivity index (χ2n) is 2.42. The number of nitriles is 1. The molecule has 0 aromatic rings. The van der Waals surface area contributed by atoms with Gasteiger partial charge in [-0.05, 0) is 6.42 Å². The van der Waals surface area contributed by atoms with Crippen LogP contribution in [0.2, 0.25) is 0 Å². The van der Waals surface area contributed by atoms with Gasteiger partial charge < -0.3 is 11.1 Å². The highest BCUT2D eigenvalue weighted by Gasteiger charge is 2.27. The maximum absolute atomic E-state index is 10.5. The van der Waals surface area contributed by atoms with E-state index in [1.807, 2.05) is 0 Å². The van der Waals surface area contributed by atoms with Crippen LogP contribution < -0.4 is 11.1 Å². The van der Waals surface area contributed by atoms with Crippen molar-refractivity contribution in [3.05, 3.63) is 0 Å². The molecule has 0 spiro atoms. The summed E-state index contributed by atoms with van der Waals surface area (Å²) in [5.41, 5.74) is 5.00. The molecule has 0 aliphatic carbocycles. The van der Waals surface area contributed by atoms with E-state index in [4.69, 9.17) is 11.0 Å². The third-order valence-electron chi connectivity index (χ3n) is 1.66. The first kappa shape index (κ1) is 7.03. The molecule has 1 aliphatic rings. The molecule has 0 saturated carbocycles. The van der Waals surface area contributed by atoms with Crippen LogP contribution in [0.3, 0.4) is 0 Å². The van der Waals surface area contributed by atoms with Gasteiger partial charge in [0.2, 0.25) is 5.91 Å². The fourth-order valence-corrected chi connectivity index (χ4v) is 1.05. The maximum atomic E-state index is 10.5. The molecule has 3 N–H and O–H groups in total. The summed E-state index contributed by atoms with van der Waals surface area (Å²) >= 11 is 0. The van der Waals surface area contributed by atoms with Gasteiger partial charge in [-0.2, -0.15) is 5.26 Å². The zero-order valence-corrected chi connectivity index (χ0v) is 5.50. The minimum absolute atomic E-state index is 0.0440. The van der Waals surface area contributed by atoms with Gasteiger partial charge in [-0.1, -0.05) is 0 Å². The Balaban J connectivity index is 2.45. The van der Waals surface area contributed by atoms with E-state index in [-0.39, 0.29) is 17.9 Å². The van der Waals surface area contributed by atoms with Crippen LogP contribution in [0.4, 0.5) is 0 Å². The van der Waals surface area contributed by atoms with Crippen molar-refractivity contribution < 1.29 is 4.79 Å². The molecule has 1 amide bonds. The summed E-state index contributed by atoms with van der Waals surface area (Å²) in [6.07, 6.45) is 0.561. The standard InChI is InChI=1S/C6H9N3O/c7-2-4-1-5(6(8)10)9-3-4/h4-5,9H,1,3H2,(H2,8,10)/t4-,5-/m0/s1. The number of nitrogens with one attached hydrogen (secondary N) is 1. The number of carbonyl (C=O) groups is 1. The van der Waals surface area contributed by atoms with E-state index in [0.29, 0.717) is 13.0 Å². The predicted molar refractivity (Wildman–Crippen MR) is 34.7 cm³/mol. The number of nitrogens with zero attached hydrogens (tertiary/aromatic N) is 1. The zero-order chi connectivity index (χ0) is 7.56. The summed E-state index contributed by atoms with van der Waals surface area (Å²) in [4.78, 5) is 10.5. The lowest BCUT2D eigenvalue weighted by atomic mass is 10.1. The molecule has 0 aromatic heterocycles. The molecular weight excluding hydrogens is 130 g/mol. The largest absolute Gasteiger partial charge is 0.368 e. The Kier molecular flexibility index (Phi) is 1.88. The molecule has 4 nitrogen and oxygen atoms in total. The summed E-state index contributed by atoms with van der Waals surface area (Å²) in [5.74, 6) is -0.407. The Hall–Kier alpha value is -1.08.